The molecular formula is C16H26ClN3O3. The molecule has 0 radical (unpaired) electrons. The minimum Gasteiger partial charge on any atom is -0.377 e. The summed E-state index contributed by atoms with van der Waals surface area (Å²) in [7, 11) is 0. The monoisotopic (exact) mass is 343 g/mol. The van der Waals surface area contributed by atoms with Crippen LogP contribution in [0.2, 0.25) is 0 Å². The van der Waals surface area contributed by atoms with E-state index in [0.717, 1.165) is 49.9 Å². The molecule has 6 nitrogen and oxygen atoms in total. The first-order valence-corrected chi connectivity index (χ1v) is 8.27. The molecule has 3 atom stereocenters. The molecule has 2 aliphatic rings. The van der Waals surface area contributed by atoms with E-state index in [1.165, 1.54) is 0 Å². The summed E-state index contributed by atoms with van der Waals surface area (Å²) in [5.74, 6) is 0.256. The van der Waals surface area contributed by atoms with E-state index in [1.807, 2.05) is 4.90 Å². The number of carbonyl (C=O) groups excluding carboxylic acids is 1. The number of carbonyl (C=O) groups is 1. The Hall–Kier alpha value is -1.11. The summed E-state index contributed by atoms with van der Waals surface area (Å²) >= 11 is 0. The lowest BCUT2D eigenvalue weighted by atomic mass is 9.83. The van der Waals surface area contributed by atoms with Crippen LogP contribution >= 0.6 is 12.4 Å². The van der Waals surface area contributed by atoms with Crippen LogP contribution in [0, 0.1) is 5.92 Å². The van der Waals surface area contributed by atoms with E-state index in [9.17, 15) is 4.79 Å². The number of halogens is 1. The van der Waals surface area contributed by atoms with Crippen molar-refractivity contribution in [1.29, 1.82) is 0 Å². The highest BCUT2D eigenvalue weighted by Gasteiger charge is 2.35. The summed E-state index contributed by atoms with van der Waals surface area (Å²) < 4.78 is 10.8. The zero-order chi connectivity index (χ0) is 15.5. The predicted octanol–water partition coefficient (Wildman–Crippen LogP) is 1.90. The molecule has 3 rings (SSSR count). The number of rotatable bonds is 4. The van der Waals surface area contributed by atoms with Crippen molar-refractivity contribution in [3.05, 3.63) is 17.5 Å². The van der Waals surface area contributed by atoms with Crippen molar-refractivity contribution in [3.63, 3.8) is 0 Å². The maximum atomic E-state index is 12.8. The molecule has 0 aromatic carbocycles. The van der Waals surface area contributed by atoms with Crippen molar-refractivity contribution in [2.75, 3.05) is 13.2 Å². The van der Waals surface area contributed by atoms with Gasteiger partial charge < -0.3 is 19.9 Å². The third kappa shape index (κ3) is 4.05. The van der Waals surface area contributed by atoms with Crippen LogP contribution in [0.4, 0.5) is 0 Å². The second-order valence-corrected chi connectivity index (χ2v) is 6.38. The van der Waals surface area contributed by atoms with Crippen LogP contribution in [0.1, 0.15) is 43.9 Å². The fraction of sp³-hybridized carbons (Fsp3) is 0.750. The van der Waals surface area contributed by atoms with E-state index in [2.05, 4.69) is 12.1 Å². The number of hydrogen-bond donors (Lipinski definition) is 1. The number of fused-ring (bicyclic) bond motifs is 1. The number of nitrogens with zero attached hydrogens (tertiary/aromatic N) is 2. The van der Waals surface area contributed by atoms with E-state index in [-0.39, 0.29) is 36.4 Å². The Morgan fingerprint density at radius 3 is 3.13 bits per heavy atom. The van der Waals surface area contributed by atoms with Gasteiger partial charge in [0.1, 0.15) is 6.26 Å². The van der Waals surface area contributed by atoms with Gasteiger partial charge in [-0.15, -0.1) is 12.4 Å². The molecule has 1 amide bonds. The van der Waals surface area contributed by atoms with Gasteiger partial charge in [0.25, 0.3) is 0 Å². The van der Waals surface area contributed by atoms with Gasteiger partial charge in [-0.25, -0.2) is 0 Å². The lowest BCUT2D eigenvalue weighted by Crippen LogP contribution is -2.47. The van der Waals surface area contributed by atoms with Crippen molar-refractivity contribution in [2.24, 2.45) is 11.7 Å². The highest BCUT2D eigenvalue weighted by Crippen LogP contribution is 2.29. The van der Waals surface area contributed by atoms with Crippen LogP contribution in [0.15, 0.2) is 10.8 Å². The minimum atomic E-state index is 0. The topological polar surface area (TPSA) is 81.6 Å². The largest absolute Gasteiger partial charge is 0.377 e. The molecule has 2 heterocycles. The van der Waals surface area contributed by atoms with Gasteiger partial charge in [0.05, 0.1) is 18.3 Å². The van der Waals surface area contributed by atoms with Crippen LogP contribution in [-0.4, -0.2) is 41.3 Å². The van der Waals surface area contributed by atoms with Crippen LogP contribution in [0.5, 0.6) is 0 Å². The Morgan fingerprint density at radius 2 is 2.35 bits per heavy atom. The normalized spacial score (nSPS) is 27.2. The van der Waals surface area contributed by atoms with E-state index < -0.39 is 0 Å². The highest BCUT2D eigenvalue weighted by molar-refractivity contribution is 5.85. The van der Waals surface area contributed by atoms with Crippen molar-refractivity contribution >= 4 is 18.3 Å². The number of ether oxygens (including phenoxy) is 1. The van der Waals surface area contributed by atoms with Gasteiger partial charge in [-0.2, -0.15) is 0 Å². The van der Waals surface area contributed by atoms with Crippen LogP contribution in [0.25, 0.3) is 0 Å². The van der Waals surface area contributed by atoms with Gasteiger partial charge in [0.15, 0.2) is 0 Å². The molecule has 1 aliphatic heterocycles. The van der Waals surface area contributed by atoms with E-state index in [1.54, 1.807) is 6.26 Å². The third-order valence-electron chi connectivity index (χ3n) is 4.75. The molecule has 1 aromatic rings. The van der Waals surface area contributed by atoms with Gasteiger partial charge in [0.2, 0.25) is 5.91 Å². The fourth-order valence-corrected chi connectivity index (χ4v) is 3.42. The first-order valence-electron chi connectivity index (χ1n) is 8.27. The zero-order valence-electron chi connectivity index (χ0n) is 13.6. The second-order valence-electron chi connectivity index (χ2n) is 6.38. The highest BCUT2D eigenvalue weighted by atomic mass is 35.5. The average Bonchev–Trinajstić information content (AvgIpc) is 3.01. The van der Waals surface area contributed by atoms with E-state index >= 15 is 0 Å². The molecule has 130 valence electrons. The van der Waals surface area contributed by atoms with Crippen LogP contribution in [-0.2, 0) is 22.5 Å². The van der Waals surface area contributed by atoms with Gasteiger partial charge in [-0.1, -0.05) is 12.1 Å². The molecule has 0 unspecified atom stereocenters. The van der Waals surface area contributed by atoms with E-state index in [0.29, 0.717) is 13.2 Å². The Morgan fingerprint density at radius 1 is 1.52 bits per heavy atom. The summed E-state index contributed by atoms with van der Waals surface area (Å²) in [5, 5.41) is 3.97. The number of nitrogens with two attached hydrogens (primary N) is 1. The minimum absolute atomic E-state index is 0. The predicted molar refractivity (Wildman–Crippen MR) is 88.2 cm³/mol. The Bertz CT molecular complexity index is 522. The maximum absolute atomic E-state index is 12.8. The van der Waals surface area contributed by atoms with Gasteiger partial charge in [-0.3, -0.25) is 4.79 Å². The maximum Gasteiger partial charge on any atom is 0.226 e. The summed E-state index contributed by atoms with van der Waals surface area (Å²) in [5.41, 5.74) is 8.16. The van der Waals surface area contributed by atoms with Gasteiger partial charge in [0, 0.05) is 37.1 Å². The Balaban J connectivity index is 0.00000192. The number of hydrogen-bond acceptors (Lipinski definition) is 5. The molecule has 7 heteroatoms. The van der Waals surface area contributed by atoms with Gasteiger partial charge >= 0.3 is 0 Å². The van der Waals surface area contributed by atoms with Crippen molar-refractivity contribution in [1.82, 2.24) is 10.1 Å². The Labute approximate surface area is 143 Å². The molecule has 0 spiro atoms. The SMILES string of the molecule is CCCO[C@@H]1C[C@@H](C(=O)N2CCc3nocc3C2)CC[C@H]1N.Cl. The lowest BCUT2D eigenvalue weighted by molar-refractivity contribution is -0.139. The summed E-state index contributed by atoms with van der Waals surface area (Å²) in [6.45, 7) is 4.14. The summed E-state index contributed by atoms with van der Waals surface area (Å²) in [6.07, 6.45) is 5.88. The average molecular weight is 344 g/mol. The van der Waals surface area contributed by atoms with Crippen molar-refractivity contribution < 1.29 is 14.1 Å². The molecule has 1 saturated carbocycles. The second kappa shape index (κ2) is 8.13. The molecule has 1 aliphatic carbocycles. The number of aromatic nitrogens is 1. The van der Waals surface area contributed by atoms with E-state index in [4.69, 9.17) is 15.0 Å². The first kappa shape index (κ1) is 18.2. The lowest BCUT2D eigenvalue weighted by Gasteiger charge is -2.36. The quantitative estimate of drug-likeness (QED) is 0.903. The summed E-state index contributed by atoms with van der Waals surface area (Å²) in [6, 6.07) is 0.0571. The third-order valence-corrected chi connectivity index (χ3v) is 4.75. The molecule has 1 fully saturated rings. The molecule has 0 saturated heterocycles. The fourth-order valence-electron chi connectivity index (χ4n) is 3.42. The van der Waals surface area contributed by atoms with Crippen LogP contribution in [0.3, 0.4) is 0 Å². The van der Waals surface area contributed by atoms with Gasteiger partial charge in [-0.05, 0) is 25.7 Å². The van der Waals surface area contributed by atoms with Crippen molar-refractivity contribution in [3.8, 4) is 0 Å². The molecule has 2 N–H and O–H groups in total. The van der Waals surface area contributed by atoms with Crippen molar-refractivity contribution in [2.45, 2.75) is 57.7 Å². The number of amides is 1. The smallest absolute Gasteiger partial charge is 0.226 e. The Kier molecular flexibility index (Phi) is 6.44. The standard InChI is InChI=1S/C16H25N3O3.ClH/c1-2-7-21-15-8-11(3-4-13(15)17)16(20)19-6-5-14-12(9-19)10-22-18-14;/h10-11,13,15H,2-9,17H2,1H3;1H/t11-,13+,15+;/m0./s1. The molecule has 0 bridgehead atoms. The zero-order valence-corrected chi connectivity index (χ0v) is 14.4. The molecule has 23 heavy (non-hydrogen) atoms. The summed E-state index contributed by atoms with van der Waals surface area (Å²) in [4.78, 5) is 14.7. The molecule has 1 aromatic heterocycles. The van der Waals surface area contributed by atoms with Crippen LogP contribution < -0.4 is 5.73 Å². The molecular weight excluding hydrogens is 318 g/mol. The first-order chi connectivity index (χ1) is 10.7.